The van der Waals surface area contributed by atoms with Crippen LogP contribution in [0.25, 0.3) is 0 Å². The molecule has 0 saturated carbocycles. The number of piperazine rings is 1. The van der Waals surface area contributed by atoms with Gasteiger partial charge in [-0.2, -0.15) is 0 Å². The Hall–Kier alpha value is -3.09. The minimum Gasteiger partial charge on any atom is -0.368 e. The molecule has 0 unspecified atom stereocenters. The van der Waals surface area contributed by atoms with E-state index in [4.69, 9.17) is 0 Å². The molecule has 1 fully saturated rings. The molecule has 0 spiro atoms. The summed E-state index contributed by atoms with van der Waals surface area (Å²) in [4.78, 5) is 13.7. The number of hydrogen-bond donors (Lipinski definition) is 2. The third-order valence-corrected chi connectivity index (χ3v) is 4.78. The van der Waals surface area contributed by atoms with Crippen LogP contribution in [0.5, 0.6) is 0 Å². The molecule has 0 aliphatic carbocycles. The van der Waals surface area contributed by atoms with Gasteiger partial charge in [0.15, 0.2) is 5.96 Å². The quantitative estimate of drug-likeness (QED) is 0.428. The lowest BCUT2D eigenvalue weighted by Crippen LogP contribution is -2.46. The van der Waals surface area contributed by atoms with Crippen molar-refractivity contribution in [1.82, 2.24) is 15.6 Å². The third kappa shape index (κ3) is 5.94. The maximum absolute atomic E-state index is 13.1. The lowest BCUT2D eigenvalue weighted by Gasteiger charge is -2.36. The Morgan fingerprint density at radius 2 is 1.86 bits per heavy atom. The van der Waals surface area contributed by atoms with Crippen LogP contribution in [0.3, 0.4) is 0 Å². The summed E-state index contributed by atoms with van der Waals surface area (Å²) in [6.07, 6.45) is 3.65. The molecule has 1 aliphatic rings. The summed E-state index contributed by atoms with van der Waals surface area (Å²) >= 11 is 0. The highest BCUT2D eigenvalue weighted by Crippen LogP contribution is 2.20. The first-order valence-electron chi connectivity index (χ1n) is 10.0. The highest BCUT2D eigenvalue weighted by Gasteiger charge is 2.18. The maximum Gasteiger partial charge on any atom is 0.191 e. The normalized spacial score (nSPS) is 14.6. The van der Waals surface area contributed by atoms with Crippen LogP contribution >= 0.6 is 0 Å². The van der Waals surface area contributed by atoms with E-state index < -0.39 is 0 Å². The first kappa shape index (κ1) is 20.6. The van der Waals surface area contributed by atoms with Crippen molar-refractivity contribution in [2.24, 2.45) is 4.99 Å². The number of nitrogens with zero attached hydrogens (tertiary/aromatic N) is 4. The molecule has 0 amide bonds. The van der Waals surface area contributed by atoms with E-state index in [2.05, 4.69) is 43.1 Å². The van der Waals surface area contributed by atoms with Gasteiger partial charge in [-0.05, 0) is 48.9 Å². The van der Waals surface area contributed by atoms with Crippen molar-refractivity contribution in [3.63, 3.8) is 0 Å². The van der Waals surface area contributed by atoms with E-state index in [1.165, 1.54) is 12.1 Å². The van der Waals surface area contributed by atoms with Crippen molar-refractivity contribution in [2.75, 3.05) is 49.1 Å². The van der Waals surface area contributed by atoms with Gasteiger partial charge in [0.05, 0.1) is 6.54 Å². The predicted octanol–water partition coefficient (Wildman–Crippen LogP) is 2.79. The highest BCUT2D eigenvalue weighted by atomic mass is 19.1. The fraction of sp³-hybridized carbons (Fsp3) is 0.364. The molecule has 1 aliphatic heterocycles. The number of pyridine rings is 1. The minimum absolute atomic E-state index is 0.201. The molecule has 1 aromatic heterocycles. The summed E-state index contributed by atoms with van der Waals surface area (Å²) in [7, 11) is 0. The molecule has 0 bridgehead atoms. The van der Waals surface area contributed by atoms with Gasteiger partial charge in [-0.3, -0.25) is 0 Å². The van der Waals surface area contributed by atoms with Crippen molar-refractivity contribution in [2.45, 2.75) is 13.5 Å². The van der Waals surface area contributed by atoms with Crippen molar-refractivity contribution < 1.29 is 4.39 Å². The number of halogens is 1. The number of aromatic nitrogens is 1. The fourth-order valence-corrected chi connectivity index (χ4v) is 3.26. The van der Waals surface area contributed by atoms with Crippen LogP contribution in [0.4, 0.5) is 15.9 Å². The average molecular weight is 397 g/mol. The lowest BCUT2D eigenvalue weighted by molar-refractivity contribution is 0.624. The molecule has 29 heavy (non-hydrogen) atoms. The molecule has 154 valence electrons. The van der Waals surface area contributed by atoms with Crippen LogP contribution in [-0.2, 0) is 6.54 Å². The van der Waals surface area contributed by atoms with Crippen LogP contribution in [0.2, 0.25) is 0 Å². The first-order valence-corrected chi connectivity index (χ1v) is 10.0. The van der Waals surface area contributed by atoms with Crippen LogP contribution in [-0.4, -0.2) is 50.2 Å². The summed E-state index contributed by atoms with van der Waals surface area (Å²) < 4.78 is 13.1. The number of guanidine groups is 1. The van der Waals surface area contributed by atoms with E-state index in [0.29, 0.717) is 13.1 Å². The summed E-state index contributed by atoms with van der Waals surface area (Å²) in [5.74, 6) is 1.55. The zero-order valence-electron chi connectivity index (χ0n) is 16.9. The number of nitrogens with one attached hydrogen (secondary N) is 2. The Morgan fingerprint density at radius 1 is 1.14 bits per heavy atom. The molecule has 3 rings (SSSR count). The van der Waals surface area contributed by atoms with Gasteiger partial charge >= 0.3 is 0 Å². The van der Waals surface area contributed by atoms with Crippen molar-refractivity contribution in [3.8, 4) is 0 Å². The Balaban J connectivity index is 1.59. The van der Waals surface area contributed by atoms with Crippen LogP contribution < -0.4 is 20.4 Å². The van der Waals surface area contributed by atoms with Crippen LogP contribution in [0.15, 0.2) is 60.2 Å². The van der Waals surface area contributed by atoms with E-state index >= 15 is 0 Å². The van der Waals surface area contributed by atoms with Gasteiger partial charge in [0.1, 0.15) is 11.6 Å². The SMILES string of the molecule is C=CCNC(=NCc1ccnc(N2CCN(c3ccc(F)cc3)CC2)c1)NCC. The topological polar surface area (TPSA) is 55.8 Å². The molecule has 6 nitrogen and oxygen atoms in total. The predicted molar refractivity (Wildman–Crippen MR) is 118 cm³/mol. The fourth-order valence-electron chi connectivity index (χ4n) is 3.26. The zero-order chi connectivity index (χ0) is 20.5. The van der Waals surface area contributed by atoms with E-state index in [1.807, 2.05) is 37.4 Å². The third-order valence-electron chi connectivity index (χ3n) is 4.78. The molecule has 2 N–H and O–H groups in total. The molecular formula is C22H29FN6. The van der Waals surface area contributed by atoms with Gasteiger partial charge in [0.2, 0.25) is 0 Å². The number of rotatable bonds is 7. The first-order chi connectivity index (χ1) is 14.2. The maximum atomic E-state index is 13.1. The molecule has 0 radical (unpaired) electrons. The standard InChI is InChI=1S/C22H29FN6/c1-3-10-26-22(24-4-2)27-17-18-9-11-25-21(16-18)29-14-12-28(13-15-29)20-7-5-19(23)6-8-20/h3,5-9,11,16H,1,4,10,12-15,17H2,2H3,(H2,24,26,27). The average Bonchev–Trinajstić information content (AvgIpc) is 2.76. The van der Waals surface area contributed by atoms with Gasteiger partial charge < -0.3 is 20.4 Å². The van der Waals surface area contributed by atoms with E-state index in [1.54, 1.807) is 0 Å². The number of aliphatic imine (C=N–C) groups is 1. The van der Waals surface area contributed by atoms with E-state index in [-0.39, 0.29) is 5.82 Å². The minimum atomic E-state index is -0.201. The Kier molecular flexibility index (Phi) is 7.44. The molecule has 7 heteroatoms. The Bertz CT molecular complexity index is 812. The Morgan fingerprint density at radius 3 is 2.55 bits per heavy atom. The van der Waals surface area contributed by atoms with Gasteiger partial charge in [0, 0.05) is 51.2 Å². The second-order valence-corrected chi connectivity index (χ2v) is 6.84. The summed E-state index contributed by atoms with van der Waals surface area (Å²) in [6, 6.07) is 10.8. The van der Waals surface area contributed by atoms with Crippen LogP contribution in [0.1, 0.15) is 12.5 Å². The zero-order valence-corrected chi connectivity index (χ0v) is 16.9. The Labute approximate surface area is 172 Å². The van der Waals surface area contributed by atoms with E-state index in [0.717, 1.165) is 55.8 Å². The van der Waals surface area contributed by atoms with E-state index in [9.17, 15) is 4.39 Å². The van der Waals surface area contributed by atoms with Gasteiger partial charge in [-0.25, -0.2) is 14.4 Å². The van der Waals surface area contributed by atoms with Crippen molar-refractivity contribution in [3.05, 3.63) is 66.6 Å². The second-order valence-electron chi connectivity index (χ2n) is 6.84. The largest absolute Gasteiger partial charge is 0.368 e. The van der Waals surface area contributed by atoms with Gasteiger partial charge in [-0.15, -0.1) is 6.58 Å². The summed E-state index contributed by atoms with van der Waals surface area (Å²) in [6.45, 7) is 11.3. The molecule has 0 atom stereocenters. The second kappa shape index (κ2) is 10.5. The number of hydrogen-bond acceptors (Lipinski definition) is 4. The lowest BCUT2D eigenvalue weighted by atomic mass is 10.2. The molecule has 2 heterocycles. The molecule has 1 aromatic carbocycles. The van der Waals surface area contributed by atoms with Crippen molar-refractivity contribution in [1.29, 1.82) is 0 Å². The van der Waals surface area contributed by atoms with Gasteiger partial charge in [0.25, 0.3) is 0 Å². The molecule has 2 aromatic rings. The summed E-state index contributed by atoms with van der Waals surface area (Å²) in [5, 5.41) is 6.43. The number of anilines is 2. The van der Waals surface area contributed by atoms with Gasteiger partial charge in [-0.1, -0.05) is 6.08 Å². The van der Waals surface area contributed by atoms with Crippen molar-refractivity contribution >= 4 is 17.5 Å². The molecular weight excluding hydrogens is 367 g/mol. The monoisotopic (exact) mass is 396 g/mol. The smallest absolute Gasteiger partial charge is 0.191 e. The highest BCUT2D eigenvalue weighted by molar-refractivity contribution is 5.79. The summed E-state index contributed by atoms with van der Waals surface area (Å²) in [5.41, 5.74) is 2.18. The number of benzene rings is 1. The van der Waals surface area contributed by atoms with Crippen LogP contribution in [0, 0.1) is 5.82 Å². The molecule has 1 saturated heterocycles.